The number of nitrogens with zero attached hydrogens (tertiary/aromatic N) is 6. The molecule has 6 atom stereocenters. The third kappa shape index (κ3) is 18.5. The summed E-state index contributed by atoms with van der Waals surface area (Å²) in [6.07, 6.45) is 1.88. The first-order valence-electron chi connectivity index (χ1n) is 23.7. The van der Waals surface area contributed by atoms with E-state index in [4.69, 9.17) is 5.73 Å². The number of rotatable bonds is 26. The number of amides is 10. The molecule has 380 valence electrons. The molecular weight excluding hydrogens is 847 g/mol. The monoisotopic (exact) mass is 936 g/mol. The number of hydrogen-bond acceptors (Lipinski definition) is 9. The molecule has 10 amide bonds. The van der Waals surface area contributed by atoms with Crippen LogP contribution in [-0.4, -0.2) is 168 Å². The molecule has 0 heterocycles. The Balaban J connectivity index is 6.33. The maximum absolute atomic E-state index is 14.1. The zero-order valence-electron chi connectivity index (χ0n) is 44.2. The Bertz CT molecular complexity index is 1660. The van der Waals surface area contributed by atoms with Gasteiger partial charge in [-0.25, -0.2) is 4.79 Å². The summed E-state index contributed by atoms with van der Waals surface area (Å²) in [5.74, 6) is -5.21. The lowest BCUT2D eigenvalue weighted by molar-refractivity contribution is -0.150. The van der Waals surface area contributed by atoms with Crippen molar-refractivity contribution in [2.24, 2.45) is 47.2 Å². The van der Waals surface area contributed by atoms with E-state index in [9.17, 15) is 43.2 Å². The molecule has 0 radical (unpaired) electrons. The Morgan fingerprint density at radius 3 is 1.32 bits per heavy atom. The predicted molar refractivity (Wildman–Crippen MR) is 257 cm³/mol. The van der Waals surface area contributed by atoms with Crippen molar-refractivity contribution >= 4 is 53.3 Å². The second-order valence-electron chi connectivity index (χ2n) is 20.9. The second-order valence-corrected chi connectivity index (χ2v) is 20.9. The number of likely N-dealkylation sites (N-methyl/N-ethyl adjacent to an activating group) is 6. The highest BCUT2D eigenvalue weighted by Crippen LogP contribution is 2.21. The molecule has 0 spiro atoms. The molecule has 0 aromatic rings. The fraction of sp³-hybridized carbons (Fsp3) is 0.812. The summed E-state index contributed by atoms with van der Waals surface area (Å²) in [5, 5.41) is 5.48. The molecule has 0 saturated heterocycles. The molecule has 18 heteroatoms. The van der Waals surface area contributed by atoms with E-state index in [-0.39, 0.29) is 42.4 Å². The van der Waals surface area contributed by atoms with Crippen LogP contribution < -0.4 is 16.4 Å². The Kier molecular flexibility index (Phi) is 25.8. The number of carbonyl (C=O) groups excluding carboxylic acids is 9. The number of primary amides is 1. The molecule has 0 saturated carbocycles. The van der Waals surface area contributed by atoms with Gasteiger partial charge in [0.2, 0.25) is 41.4 Å². The number of nitrogens with two attached hydrogens (primary N) is 1. The van der Waals surface area contributed by atoms with E-state index in [2.05, 4.69) is 10.6 Å². The van der Waals surface area contributed by atoms with E-state index in [1.807, 2.05) is 55.4 Å². The maximum atomic E-state index is 14.1. The Morgan fingerprint density at radius 2 is 0.894 bits per heavy atom. The van der Waals surface area contributed by atoms with Gasteiger partial charge in [0.1, 0.15) is 36.3 Å². The van der Waals surface area contributed by atoms with Gasteiger partial charge in [-0.15, -0.1) is 0 Å². The van der Waals surface area contributed by atoms with E-state index < -0.39 is 102 Å². The molecular formula is C48H89N9O9. The number of urea groups is 1. The van der Waals surface area contributed by atoms with E-state index in [1.54, 1.807) is 48.6 Å². The molecule has 0 fully saturated rings. The predicted octanol–water partition coefficient (Wildman–Crippen LogP) is 3.80. The normalized spacial score (nSPS) is 14.4. The Morgan fingerprint density at radius 1 is 0.455 bits per heavy atom. The molecule has 0 aliphatic carbocycles. The van der Waals surface area contributed by atoms with Gasteiger partial charge in [-0.3, -0.25) is 43.3 Å². The van der Waals surface area contributed by atoms with Gasteiger partial charge in [-0.05, 0) is 67.1 Å². The highest BCUT2D eigenvalue weighted by molar-refractivity contribution is 6.01. The van der Waals surface area contributed by atoms with Crippen LogP contribution in [0.1, 0.15) is 129 Å². The van der Waals surface area contributed by atoms with Crippen LogP contribution in [-0.2, 0) is 38.4 Å². The van der Waals surface area contributed by atoms with Crippen LogP contribution in [0.4, 0.5) is 4.79 Å². The quantitative estimate of drug-likeness (QED) is 0.115. The summed E-state index contributed by atoms with van der Waals surface area (Å²) >= 11 is 0. The van der Waals surface area contributed by atoms with Crippen LogP contribution in [0.25, 0.3) is 0 Å². The van der Waals surface area contributed by atoms with Crippen molar-refractivity contribution in [3.63, 3.8) is 0 Å². The van der Waals surface area contributed by atoms with Crippen molar-refractivity contribution in [1.29, 1.82) is 0 Å². The lowest BCUT2D eigenvalue weighted by Crippen LogP contribution is -2.60. The van der Waals surface area contributed by atoms with Crippen molar-refractivity contribution in [2.45, 2.75) is 165 Å². The molecule has 0 aromatic carbocycles. The highest BCUT2D eigenvalue weighted by atomic mass is 16.2. The first-order valence-corrected chi connectivity index (χ1v) is 23.7. The van der Waals surface area contributed by atoms with Gasteiger partial charge in [-0.1, -0.05) is 96.9 Å². The fourth-order valence-electron chi connectivity index (χ4n) is 7.68. The van der Waals surface area contributed by atoms with Crippen molar-refractivity contribution in [2.75, 3.05) is 48.8 Å². The molecule has 0 aliphatic rings. The summed E-state index contributed by atoms with van der Waals surface area (Å²) in [6, 6.07) is -6.94. The summed E-state index contributed by atoms with van der Waals surface area (Å²) < 4.78 is 0. The summed E-state index contributed by atoms with van der Waals surface area (Å²) in [7, 11) is 8.67. The number of carbonyl (C=O) groups is 9. The first kappa shape index (κ1) is 61.2. The van der Waals surface area contributed by atoms with Gasteiger partial charge < -0.3 is 40.9 Å². The van der Waals surface area contributed by atoms with Crippen molar-refractivity contribution in [1.82, 2.24) is 40.0 Å². The number of imide groups is 1. The van der Waals surface area contributed by atoms with Crippen LogP contribution in [0.2, 0.25) is 0 Å². The van der Waals surface area contributed by atoms with Crippen LogP contribution in [0.5, 0.6) is 0 Å². The fourth-order valence-corrected chi connectivity index (χ4v) is 7.68. The SMILES string of the molecule is CC(C)CCC(=O)N(C)[C@@H](CC(C)C)C(=O)N(C)[C@H](C(=O)N(C)C(=O)N[C@H](C(=O)N(C)CC(=O)N(C)[C@@H](CC(C)C)C(=O)N[C@H](C(=O)N(C)[C@@H](CC(C)C)C(N)=O)C(C)C)C(C)C)C(C)C. The zero-order chi connectivity index (χ0) is 51.8. The molecule has 4 N–H and O–H groups in total. The third-order valence-corrected chi connectivity index (χ3v) is 11.9. The highest BCUT2D eigenvalue weighted by Gasteiger charge is 2.41. The summed E-state index contributed by atoms with van der Waals surface area (Å²) in [5.41, 5.74) is 5.66. The molecule has 0 aliphatic heterocycles. The van der Waals surface area contributed by atoms with Crippen LogP contribution in [0, 0.1) is 41.4 Å². The van der Waals surface area contributed by atoms with Crippen LogP contribution in [0.15, 0.2) is 0 Å². The first-order chi connectivity index (χ1) is 30.2. The van der Waals surface area contributed by atoms with Crippen molar-refractivity contribution in [3.05, 3.63) is 0 Å². The van der Waals surface area contributed by atoms with Crippen LogP contribution in [0.3, 0.4) is 0 Å². The second kappa shape index (κ2) is 27.8. The van der Waals surface area contributed by atoms with Gasteiger partial charge in [0, 0.05) is 48.7 Å². The Hall–Kier alpha value is -4.77. The average molecular weight is 936 g/mol. The lowest BCUT2D eigenvalue weighted by atomic mass is 9.97. The molecule has 0 bridgehead atoms. The average Bonchev–Trinajstić information content (AvgIpc) is 3.20. The molecule has 0 aromatic heterocycles. The summed E-state index contributed by atoms with van der Waals surface area (Å²) in [6.45, 7) is 25.5. The van der Waals surface area contributed by atoms with Gasteiger partial charge in [-0.2, -0.15) is 0 Å². The Labute approximate surface area is 396 Å². The number of nitrogens with one attached hydrogen (secondary N) is 2. The summed E-state index contributed by atoms with van der Waals surface area (Å²) in [4.78, 5) is 130. The topological polar surface area (TPSA) is 223 Å². The van der Waals surface area contributed by atoms with Gasteiger partial charge in [0.25, 0.3) is 5.91 Å². The lowest BCUT2D eigenvalue weighted by Gasteiger charge is -2.38. The molecule has 0 rings (SSSR count). The van der Waals surface area contributed by atoms with Crippen LogP contribution >= 0.6 is 0 Å². The minimum Gasteiger partial charge on any atom is -0.368 e. The van der Waals surface area contributed by atoms with E-state index in [1.165, 1.54) is 54.8 Å². The van der Waals surface area contributed by atoms with Gasteiger partial charge >= 0.3 is 6.03 Å². The van der Waals surface area contributed by atoms with Gasteiger partial charge in [0.15, 0.2) is 0 Å². The van der Waals surface area contributed by atoms with E-state index in [0.29, 0.717) is 25.2 Å². The molecule has 0 unspecified atom stereocenters. The minimum atomic E-state index is -1.18. The standard InChI is InChI=1S/C48H89N9O9/c1-27(2)21-22-37(58)54(17)36(25-30(7)8)44(62)56(19)41(33(13)14)47(65)57(20)48(66)51-39(31(9)10)45(63)52(15)26-38(59)53(16)35(24-29(5)6)43(61)50-40(32(11)12)46(64)55(18)34(42(49)60)23-28(3)4/h27-36,39-41H,21-26H2,1-20H3,(H2,49,60)(H,50,61)(H,51,66)/t34-,35-,36-,39-,40-,41-/m0/s1. The van der Waals surface area contributed by atoms with Crippen molar-refractivity contribution < 1.29 is 43.2 Å². The van der Waals surface area contributed by atoms with E-state index in [0.717, 1.165) is 9.80 Å². The molecule has 66 heavy (non-hydrogen) atoms. The largest absolute Gasteiger partial charge is 0.368 e. The van der Waals surface area contributed by atoms with Gasteiger partial charge in [0.05, 0.1) is 6.54 Å². The zero-order valence-corrected chi connectivity index (χ0v) is 44.2. The van der Waals surface area contributed by atoms with E-state index >= 15 is 0 Å². The van der Waals surface area contributed by atoms with Crippen molar-refractivity contribution in [3.8, 4) is 0 Å². The smallest absolute Gasteiger partial charge is 0.324 e. The third-order valence-electron chi connectivity index (χ3n) is 11.9. The number of hydrogen-bond donors (Lipinski definition) is 3. The molecule has 18 nitrogen and oxygen atoms in total. The maximum Gasteiger partial charge on any atom is 0.324 e. The minimum absolute atomic E-state index is 0.0565.